The van der Waals surface area contributed by atoms with Crippen LogP contribution >= 0.6 is 23.5 Å². The highest BCUT2D eigenvalue weighted by Gasteiger charge is 2.15. The molecule has 1 aliphatic heterocycles. The van der Waals surface area contributed by atoms with Gasteiger partial charge in [0.25, 0.3) is 5.69 Å². The van der Waals surface area contributed by atoms with E-state index in [0.29, 0.717) is 5.25 Å². The maximum absolute atomic E-state index is 10.6. The van der Waals surface area contributed by atoms with Gasteiger partial charge in [0.1, 0.15) is 5.69 Å². The van der Waals surface area contributed by atoms with Crippen molar-refractivity contribution in [3.8, 4) is 0 Å². The van der Waals surface area contributed by atoms with Crippen molar-refractivity contribution in [1.29, 1.82) is 0 Å². The van der Waals surface area contributed by atoms with Crippen molar-refractivity contribution in [2.24, 2.45) is 0 Å². The highest BCUT2D eigenvalue weighted by molar-refractivity contribution is 8.06. The summed E-state index contributed by atoms with van der Waals surface area (Å²) < 4.78 is 0. The molecule has 1 aromatic carbocycles. The van der Waals surface area contributed by atoms with E-state index < -0.39 is 4.92 Å². The van der Waals surface area contributed by atoms with E-state index in [2.05, 4.69) is 5.32 Å². The largest absolute Gasteiger partial charge is 0.393 e. The Morgan fingerprint density at radius 3 is 2.94 bits per heavy atom. The molecule has 1 unspecified atom stereocenters. The molecule has 0 saturated carbocycles. The van der Waals surface area contributed by atoms with Crippen LogP contribution in [0.4, 0.5) is 17.1 Å². The second kappa shape index (κ2) is 6.19. The van der Waals surface area contributed by atoms with Gasteiger partial charge in [-0.25, -0.2) is 0 Å². The number of hydrogen-bond acceptors (Lipinski definition) is 6. The highest BCUT2D eigenvalue weighted by Crippen LogP contribution is 2.27. The number of nitrogen functional groups attached to an aromatic ring is 1. The van der Waals surface area contributed by atoms with Gasteiger partial charge in [0.15, 0.2) is 0 Å². The Bertz CT molecular complexity index is 436. The Kier molecular flexibility index (Phi) is 4.60. The fourth-order valence-electron chi connectivity index (χ4n) is 1.72. The average Bonchev–Trinajstić information content (AvgIpc) is 2.37. The second-order valence-corrected chi connectivity index (χ2v) is 6.54. The summed E-state index contributed by atoms with van der Waals surface area (Å²) in [4.78, 5) is 10.2. The zero-order valence-corrected chi connectivity index (χ0v) is 11.4. The van der Waals surface area contributed by atoms with Gasteiger partial charge in [0, 0.05) is 40.8 Å². The summed E-state index contributed by atoms with van der Waals surface area (Å²) in [6.45, 7) is 0.870. The first-order valence-electron chi connectivity index (χ1n) is 5.64. The van der Waals surface area contributed by atoms with Crippen LogP contribution in [0.5, 0.6) is 0 Å². The lowest BCUT2D eigenvalue weighted by molar-refractivity contribution is -0.383. The van der Waals surface area contributed by atoms with E-state index in [0.717, 1.165) is 18.0 Å². The quantitative estimate of drug-likeness (QED) is 0.502. The van der Waals surface area contributed by atoms with Crippen LogP contribution in [-0.2, 0) is 0 Å². The van der Waals surface area contributed by atoms with Gasteiger partial charge >= 0.3 is 0 Å². The van der Waals surface area contributed by atoms with Crippen molar-refractivity contribution in [3.05, 3.63) is 28.3 Å². The predicted molar refractivity (Wildman–Crippen MR) is 79.6 cm³/mol. The number of nitro groups is 1. The number of benzene rings is 1. The summed E-state index contributed by atoms with van der Waals surface area (Å²) in [7, 11) is 0. The molecule has 0 radical (unpaired) electrons. The molecule has 1 heterocycles. The van der Waals surface area contributed by atoms with E-state index in [9.17, 15) is 10.1 Å². The summed E-state index contributed by atoms with van der Waals surface area (Å²) in [5.41, 5.74) is 6.65. The Morgan fingerprint density at radius 2 is 2.33 bits per heavy atom. The van der Waals surface area contributed by atoms with Crippen LogP contribution in [0.2, 0.25) is 0 Å². The number of hydrogen-bond donors (Lipinski definition) is 2. The zero-order valence-electron chi connectivity index (χ0n) is 9.80. The third-order valence-corrected chi connectivity index (χ3v) is 5.49. The molecule has 18 heavy (non-hydrogen) atoms. The van der Waals surface area contributed by atoms with Crippen LogP contribution in [0.15, 0.2) is 18.2 Å². The van der Waals surface area contributed by atoms with Gasteiger partial charge in [-0.15, -0.1) is 0 Å². The monoisotopic (exact) mass is 285 g/mol. The molecule has 2 rings (SSSR count). The maximum atomic E-state index is 10.6. The average molecular weight is 285 g/mol. The molecule has 1 fully saturated rings. The van der Waals surface area contributed by atoms with E-state index >= 15 is 0 Å². The van der Waals surface area contributed by atoms with Gasteiger partial charge in [0.05, 0.1) is 4.92 Å². The Labute approximate surface area is 114 Å². The first-order valence-corrected chi connectivity index (χ1v) is 7.84. The molecule has 3 N–H and O–H groups in total. The number of nitrogens with two attached hydrogens (primary N) is 1. The highest BCUT2D eigenvalue weighted by atomic mass is 32.2. The van der Waals surface area contributed by atoms with Gasteiger partial charge in [0.2, 0.25) is 0 Å². The molecule has 1 saturated heterocycles. The second-order valence-electron chi connectivity index (χ2n) is 3.98. The molecule has 0 aromatic heterocycles. The summed E-state index contributed by atoms with van der Waals surface area (Å²) in [5.74, 6) is 3.57. The van der Waals surface area contributed by atoms with Gasteiger partial charge < -0.3 is 11.1 Å². The van der Waals surface area contributed by atoms with E-state index in [1.54, 1.807) is 12.1 Å². The summed E-state index contributed by atoms with van der Waals surface area (Å²) in [6.07, 6.45) is 0. The lowest BCUT2D eigenvalue weighted by Crippen LogP contribution is -2.23. The van der Waals surface area contributed by atoms with Gasteiger partial charge in [-0.1, -0.05) is 0 Å². The molecule has 0 spiro atoms. The molecule has 7 heteroatoms. The molecule has 1 aromatic rings. The summed E-state index contributed by atoms with van der Waals surface area (Å²) >= 11 is 3.94. The number of nitrogens with one attached hydrogen (secondary N) is 1. The van der Waals surface area contributed by atoms with E-state index in [4.69, 9.17) is 5.73 Å². The molecule has 98 valence electrons. The van der Waals surface area contributed by atoms with Crippen molar-refractivity contribution >= 4 is 40.6 Å². The lowest BCUT2D eigenvalue weighted by atomic mass is 10.2. The third-order valence-electron chi connectivity index (χ3n) is 2.64. The number of nitrogens with zero attached hydrogens (tertiary/aromatic N) is 1. The molecule has 5 nitrogen and oxygen atoms in total. The fraction of sp³-hybridized carbons (Fsp3) is 0.455. The maximum Gasteiger partial charge on any atom is 0.292 e. The van der Waals surface area contributed by atoms with Crippen LogP contribution < -0.4 is 11.1 Å². The zero-order chi connectivity index (χ0) is 13.0. The molecule has 0 amide bonds. The van der Waals surface area contributed by atoms with Crippen molar-refractivity contribution < 1.29 is 4.92 Å². The Morgan fingerprint density at radius 1 is 1.50 bits per heavy atom. The molecular weight excluding hydrogens is 270 g/mol. The molecule has 0 bridgehead atoms. The number of thioether (sulfide) groups is 2. The number of rotatable bonds is 4. The van der Waals surface area contributed by atoms with E-state index in [1.165, 1.54) is 17.6 Å². The standard InChI is InChI=1S/C11H15N3O2S2/c12-10-5-8(1-2-11(10)14(15)16)13-6-9-7-17-3-4-18-9/h1-2,5,9,13H,3-4,6-7,12H2. The van der Waals surface area contributed by atoms with Gasteiger partial charge in [-0.05, 0) is 12.1 Å². The summed E-state index contributed by atoms with van der Waals surface area (Å²) in [6, 6.07) is 4.77. The smallest absolute Gasteiger partial charge is 0.292 e. The molecule has 1 atom stereocenters. The molecule has 1 aliphatic rings. The van der Waals surface area contributed by atoms with E-state index in [-0.39, 0.29) is 11.4 Å². The van der Waals surface area contributed by atoms with Crippen molar-refractivity contribution in [1.82, 2.24) is 0 Å². The van der Waals surface area contributed by atoms with Crippen molar-refractivity contribution in [2.75, 3.05) is 34.9 Å². The Hall–Kier alpha value is -1.08. The fourth-order valence-corrected chi connectivity index (χ4v) is 4.33. The molecular formula is C11H15N3O2S2. The lowest BCUT2D eigenvalue weighted by Gasteiger charge is -2.21. The van der Waals surface area contributed by atoms with Gasteiger partial charge in [-0.2, -0.15) is 23.5 Å². The normalized spacial score (nSPS) is 19.4. The predicted octanol–water partition coefficient (Wildman–Crippen LogP) is 2.44. The van der Waals surface area contributed by atoms with Crippen LogP contribution in [0.1, 0.15) is 0 Å². The van der Waals surface area contributed by atoms with Gasteiger partial charge in [-0.3, -0.25) is 10.1 Å². The summed E-state index contributed by atoms with van der Waals surface area (Å²) in [5, 5.41) is 14.5. The van der Waals surface area contributed by atoms with Crippen molar-refractivity contribution in [3.63, 3.8) is 0 Å². The topological polar surface area (TPSA) is 81.2 Å². The van der Waals surface area contributed by atoms with Crippen molar-refractivity contribution in [2.45, 2.75) is 5.25 Å². The van der Waals surface area contributed by atoms with Crippen LogP contribution in [-0.4, -0.2) is 34.0 Å². The minimum atomic E-state index is -0.466. The van der Waals surface area contributed by atoms with Crippen LogP contribution in [0, 0.1) is 10.1 Å². The molecule has 0 aliphatic carbocycles. The van der Waals surface area contributed by atoms with Crippen LogP contribution in [0.3, 0.4) is 0 Å². The van der Waals surface area contributed by atoms with E-state index in [1.807, 2.05) is 23.5 Å². The Balaban J connectivity index is 1.93. The third kappa shape index (κ3) is 3.46. The first kappa shape index (κ1) is 13.4. The minimum Gasteiger partial charge on any atom is -0.393 e. The minimum absolute atomic E-state index is 0.0388. The van der Waals surface area contributed by atoms with Crippen LogP contribution in [0.25, 0.3) is 0 Å². The SMILES string of the molecule is Nc1cc(NCC2CSCCS2)ccc1[N+](=O)[O-]. The first-order chi connectivity index (χ1) is 8.66. The number of anilines is 2. The number of nitro benzene ring substituents is 1.